The molecule has 1 aromatic heterocycles. The molecule has 3 aromatic rings. The molecule has 1 N–H and O–H groups in total. The van der Waals surface area contributed by atoms with E-state index in [9.17, 15) is 9.59 Å². The van der Waals surface area contributed by atoms with Crippen molar-refractivity contribution in [3.8, 4) is 5.69 Å². The summed E-state index contributed by atoms with van der Waals surface area (Å²) in [5.74, 6) is -0.277. The van der Waals surface area contributed by atoms with Crippen LogP contribution in [0.3, 0.4) is 0 Å². The van der Waals surface area contributed by atoms with Gasteiger partial charge in [-0.05, 0) is 51.0 Å². The Morgan fingerprint density at radius 1 is 1.03 bits per heavy atom. The summed E-state index contributed by atoms with van der Waals surface area (Å²) >= 11 is 0. The molecule has 1 aliphatic heterocycles. The highest BCUT2D eigenvalue weighted by molar-refractivity contribution is 6.07. The molecule has 1 saturated heterocycles. The van der Waals surface area contributed by atoms with Gasteiger partial charge in [0.2, 0.25) is 5.91 Å². The zero-order valence-electron chi connectivity index (χ0n) is 16.8. The van der Waals surface area contributed by atoms with Crippen LogP contribution in [0.5, 0.6) is 0 Å². The smallest absolute Gasteiger partial charge is 0.278 e. The molecule has 0 spiro atoms. The van der Waals surface area contributed by atoms with Gasteiger partial charge in [0.1, 0.15) is 0 Å². The number of rotatable bonds is 4. The molecule has 1 aliphatic rings. The average molecular weight is 389 g/mol. The number of carbonyl (C=O) groups is 2. The third kappa shape index (κ3) is 3.63. The molecule has 0 radical (unpaired) electrons. The van der Waals surface area contributed by atoms with Gasteiger partial charge in [-0.1, -0.05) is 29.8 Å². The van der Waals surface area contributed by atoms with Crippen molar-refractivity contribution in [3.05, 3.63) is 65.0 Å². The van der Waals surface area contributed by atoms with E-state index in [1.54, 1.807) is 17.9 Å². The number of nitrogens with one attached hydrogen (secondary N) is 1. The fourth-order valence-corrected chi connectivity index (χ4v) is 3.63. The molecular formula is C22H23N5O2. The number of para-hydroxylation sites is 2. The average Bonchev–Trinajstić information content (AvgIpc) is 3.28. The van der Waals surface area contributed by atoms with Crippen LogP contribution in [-0.4, -0.2) is 33.4 Å². The second-order valence-electron chi connectivity index (χ2n) is 7.33. The summed E-state index contributed by atoms with van der Waals surface area (Å²) in [6.45, 7) is 6.44. The molecule has 2 aromatic carbocycles. The number of aryl methyl sites for hydroxylation is 3. The van der Waals surface area contributed by atoms with Gasteiger partial charge in [-0.25, -0.2) is 0 Å². The lowest BCUT2D eigenvalue weighted by Crippen LogP contribution is -2.25. The van der Waals surface area contributed by atoms with Crippen LogP contribution < -0.4 is 10.2 Å². The van der Waals surface area contributed by atoms with E-state index < -0.39 is 0 Å². The Kier molecular flexibility index (Phi) is 4.88. The lowest BCUT2D eigenvalue weighted by molar-refractivity contribution is -0.117. The van der Waals surface area contributed by atoms with Gasteiger partial charge >= 0.3 is 0 Å². The summed E-state index contributed by atoms with van der Waals surface area (Å²) in [4.78, 5) is 28.3. The third-order valence-electron chi connectivity index (χ3n) is 5.08. The van der Waals surface area contributed by atoms with Gasteiger partial charge in [0.25, 0.3) is 5.91 Å². The van der Waals surface area contributed by atoms with Gasteiger partial charge in [-0.2, -0.15) is 9.90 Å². The van der Waals surface area contributed by atoms with E-state index in [0.717, 1.165) is 23.2 Å². The Morgan fingerprint density at radius 2 is 1.83 bits per heavy atom. The predicted molar refractivity (Wildman–Crippen MR) is 112 cm³/mol. The third-order valence-corrected chi connectivity index (χ3v) is 5.08. The first-order chi connectivity index (χ1) is 13.9. The quantitative estimate of drug-likeness (QED) is 0.740. The second-order valence-corrected chi connectivity index (χ2v) is 7.33. The maximum Gasteiger partial charge on any atom is 0.278 e. The molecule has 2 amide bonds. The molecule has 2 heterocycles. The second kappa shape index (κ2) is 7.50. The van der Waals surface area contributed by atoms with Gasteiger partial charge in [-0.15, -0.1) is 5.10 Å². The highest BCUT2D eigenvalue weighted by Crippen LogP contribution is 2.29. The van der Waals surface area contributed by atoms with Crippen molar-refractivity contribution in [1.82, 2.24) is 15.0 Å². The highest BCUT2D eigenvalue weighted by Gasteiger charge is 2.25. The van der Waals surface area contributed by atoms with Crippen molar-refractivity contribution in [2.45, 2.75) is 33.6 Å². The van der Waals surface area contributed by atoms with Crippen LogP contribution in [0.25, 0.3) is 5.69 Å². The molecule has 29 heavy (non-hydrogen) atoms. The van der Waals surface area contributed by atoms with E-state index in [4.69, 9.17) is 0 Å². The zero-order chi connectivity index (χ0) is 20.5. The van der Waals surface area contributed by atoms with Gasteiger partial charge in [0.05, 0.1) is 22.8 Å². The first-order valence-electron chi connectivity index (χ1n) is 9.66. The molecular weight excluding hydrogens is 366 g/mol. The zero-order valence-corrected chi connectivity index (χ0v) is 16.8. The Balaban J connectivity index is 1.62. The first kappa shape index (κ1) is 18.9. The Morgan fingerprint density at radius 3 is 2.55 bits per heavy atom. The molecule has 7 heteroatoms. The SMILES string of the molecule is Cc1ccc(-n2nc(C)c(C(=O)Nc3ccccc3N3CCCC3=O)n2)c(C)c1. The monoisotopic (exact) mass is 389 g/mol. The fourth-order valence-electron chi connectivity index (χ4n) is 3.63. The standard InChI is InChI=1S/C22H23N5O2/c1-14-10-11-18(15(2)13-14)27-24-16(3)21(25-27)22(29)23-17-7-4-5-8-19(17)26-12-6-9-20(26)28/h4-5,7-8,10-11,13H,6,9,12H2,1-3H3,(H,23,29). The first-order valence-corrected chi connectivity index (χ1v) is 9.66. The summed E-state index contributed by atoms with van der Waals surface area (Å²) in [7, 11) is 0. The highest BCUT2D eigenvalue weighted by atomic mass is 16.2. The van der Waals surface area contributed by atoms with E-state index in [2.05, 4.69) is 21.6 Å². The maximum absolute atomic E-state index is 12.9. The van der Waals surface area contributed by atoms with Crippen molar-refractivity contribution < 1.29 is 9.59 Å². The molecule has 148 valence electrons. The van der Waals surface area contributed by atoms with Crippen molar-refractivity contribution in [3.63, 3.8) is 0 Å². The predicted octanol–water partition coefficient (Wildman–Crippen LogP) is 3.57. The summed E-state index contributed by atoms with van der Waals surface area (Å²) in [6.07, 6.45) is 1.36. The molecule has 4 rings (SSSR count). The molecule has 0 bridgehead atoms. The van der Waals surface area contributed by atoms with E-state index in [0.29, 0.717) is 30.0 Å². The summed E-state index contributed by atoms with van der Waals surface area (Å²) < 4.78 is 0. The molecule has 0 aliphatic carbocycles. The number of hydrogen-bond donors (Lipinski definition) is 1. The lowest BCUT2D eigenvalue weighted by atomic mass is 10.1. The summed E-state index contributed by atoms with van der Waals surface area (Å²) in [6, 6.07) is 13.3. The van der Waals surface area contributed by atoms with Gasteiger partial charge in [0, 0.05) is 13.0 Å². The molecule has 0 atom stereocenters. The van der Waals surface area contributed by atoms with Crippen LogP contribution in [0.4, 0.5) is 11.4 Å². The van der Waals surface area contributed by atoms with Gasteiger partial charge < -0.3 is 10.2 Å². The molecule has 0 unspecified atom stereocenters. The molecule has 7 nitrogen and oxygen atoms in total. The summed E-state index contributed by atoms with van der Waals surface area (Å²) in [5, 5.41) is 11.8. The van der Waals surface area contributed by atoms with Crippen molar-refractivity contribution in [1.29, 1.82) is 0 Å². The minimum Gasteiger partial charge on any atom is -0.319 e. The van der Waals surface area contributed by atoms with Gasteiger partial charge in [0.15, 0.2) is 5.69 Å². The number of benzene rings is 2. The summed E-state index contributed by atoms with van der Waals surface area (Å²) in [5.41, 5.74) is 5.12. The van der Waals surface area contributed by atoms with Gasteiger partial charge in [-0.3, -0.25) is 9.59 Å². The number of anilines is 2. The lowest BCUT2D eigenvalue weighted by Gasteiger charge is -2.19. The topological polar surface area (TPSA) is 80.1 Å². The minimum absolute atomic E-state index is 0.0728. The van der Waals surface area contributed by atoms with Crippen LogP contribution in [0.15, 0.2) is 42.5 Å². The number of amides is 2. The van der Waals surface area contributed by atoms with Crippen LogP contribution in [0.2, 0.25) is 0 Å². The van der Waals surface area contributed by atoms with Crippen LogP contribution in [0, 0.1) is 20.8 Å². The van der Waals surface area contributed by atoms with Crippen LogP contribution >= 0.6 is 0 Å². The van der Waals surface area contributed by atoms with E-state index in [1.807, 2.05) is 44.2 Å². The van der Waals surface area contributed by atoms with Crippen LogP contribution in [0.1, 0.15) is 40.2 Å². The molecule has 0 saturated carbocycles. The van der Waals surface area contributed by atoms with Crippen LogP contribution in [-0.2, 0) is 4.79 Å². The fraction of sp³-hybridized carbons (Fsp3) is 0.273. The van der Waals surface area contributed by atoms with E-state index in [1.165, 1.54) is 4.80 Å². The van der Waals surface area contributed by atoms with E-state index in [-0.39, 0.29) is 17.5 Å². The largest absolute Gasteiger partial charge is 0.319 e. The Labute approximate surface area is 169 Å². The number of nitrogens with zero attached hydrogens (tertiary/aromatic N) is 4. The molecule has 1 fully saturated rings. The van der Waals surface area contributed by atoms with E-state index >= 15 is 0 Å². The van der Waals surface area contributed by atoms with Crippen molar-refractivity contribution in [2.24, 2.45) is 0 Å². The normalized spacial score (nSPS) is 13.8. The minimum atomic E-state index is -0.349. The Hall–Kier alpha value is -3.48. The number of hydrogen-bond acceptors (Lipinski definition) is 4. The Bertz CT molecular complexity index is 1100. The van der Waals surface area contributed by atoms with Crippen molar-refractivity contribution >= 4 is 23.2 Å². The number of aromatic nitrogens is 3. The number of carbonyl (C=O) groups excluding carboxylic acids is 2. The van der Waals surface area contributed by atoms with Crippen molar-refractivity contribution in [2.75, 3.05) is 16.8 Å². The maximum atomic E-state index is 12.9.